The number of nitrogens with zero attached hydrogens (tertiary/aromatic N) is 2. The number of fused-ring (bicyclic) bond motifs is 5. The molecule has 3 aliphatic rings. The normalized spacial score (nSPS) is 28.0. The maximum atomic E-state index is 6.68. The van der Waals surface area contributed by atoms with Crippen molar-refractivity contribution >= 4 is 16.5 Å². The smallest absolute Gasteiger partial charge is 0.208 e. The van der Waals surface area contributed by atoms with E-state index in [1.54, 1.807) is 4.90 Å². The second-order valence-corrected chi connectivity index (χ2v) is 8.72. The van der Waals surface area contributed by atoms with Crippen LogP contribution < -0.4 is 9.64 Å². The van der Waals surface area contributed by atoms with E-state index in [0.29, 0.717) is 0 Å². The summed E-state index contributed by atoms with van der Waals surface area (Å²) in [5, 5.41) is 10.1. The van der Waals surface area contributed by atoms with E-state index in [1.165, 1.54) is 27.6 Å². The number of benzene rings is 3. The van der Waals surface area contributed by atoms with Gasteiger partial charge in [-0.25, -0.2) is 5.01 Å². The van der Waals surface area contributed by atoms with E-state index < -0.39 is 0 Å². The molecule has 1 fully saturated rings. The van der Waals surface area contributed by atoms with Gasteiger partial charge in [0, 0.05) is 12.0 Å². The SMILES string of the molecule is C[NH+]1CCC2(CC1)Oc1ccccc1[C@H]1CC(c3ccc4ccccc4c3)=NN12. The first-order valence-electron chi connectivity index (χ1n) is 10.7. The van der Waals surface area contributed by atoms with Crippen LogP contribution in [0, 0.1) is 0 Å². The Morgan fingerprint density at radius 1 is 0.966 bits per heavy atom. The summed E-state index contributed by atoms with van der Waals surface area (Å²) in [7, 11) is 2.27. The van der Waals surface area contributed by atoms with E-state index in [0.717, 1.165) is 38.1 Å². The first kappa shape index (κ1) is 17.0. The molecule has 0 amide bonds. The summed E-state index contributed by atoms with van der Waals surface area (Å²) in [4.78, 5) is 1.58. The van der Waals surface area contributed by atoms with Gasteiger partial charge in [0.2, 0.25) is 5.72 Å². The molecule has 0 radical (unpaired) electrons. The largest absolute Gasteiger partial charge is 0.466 e. The number of ether oxygens (including phenoxy) is 1. The number of para-hydroxylation sites is 1. The molecular weight excluding hydrogens is 358 g/mol. The van der Waals surface area contributed by atoms with Gasteiger partial charge in [-0.3, -0.25) is 0 Å². The van der Waals surface area contributed by atoms with Crippen LogP contribution >= 0.6 is 0 Å². The highest BCUT2D eigenvalue weighted by Gasteiger charge is 2.52. The molecule has 3 aliphatic heterocycles. The highest BCUT2D eigenvalue weighted by atomic mass is 16.5. The average Bonchev–Trinajstić information content (AvgIpc) is 3.22. The fourth-order valence-corrected chi connectivity index (χ4v) is 5.17. The van der Waals surface area contributed by atoms with Gasteiger partial charge in [-0.05, 0) is 28.5 Å². The molecule has 4 heteroatoms. The molecule has 3 aromatic rings. The van der Waals surface area contributed by atoms with E-state index in [2.05, 4.69) is 78.8 Å². The topological polar surface area (TPSA) is 29.3 Å². The third kappa shape index (κ3) is 2.66. The van der Waals surface area contributed by atoms with Gasteiger partial charge < -0.3 is 9.64 Å². The summed E-state index contributed by atoms with van der Waals surface area (Å²) in [5.74, 6) is 1.04. The lowest BCUT2D eigenvalue weighted by molar-refractivity contribution is -0.888. The number of hydrazone groups is 1. The molecule has 146 valence electrons. The van der Waals surface area contributed by atoms with Crippen LogP contribution in [0.15, 0.2) is 71.8 Å². The number of quaternary nitrogens is 1. The third-order valence-corrected chi connectivity index (χ3v) is 6.87. The standard InChI is InChI=1S/C25H25N3O/c1-27-14-12-25(13-15-27)28-23(21-8-4-5-9-24(21)29-25)17-22(26-28)20-11-10-18-6-2-3-7-19(18)16-20/h2-11,16,23H,12-15,17H2,1H3/p+1/t23-/m1/s1. The van der Waals surface area contributed by atoms with Gasteiger partial charge in [0.1, 0.15) is 5.75 Å². The molecule has 0 unspecified atom stereocenters. The van der Waals surface area contributed by atoms with Gasteiger partial charge in [-0.15, -0.1) is 0 Å². The third-order valence-electron chi connectivity index (χ3n) is 6.87. The lowest BCUT2D eigenvalue weighted by Gasteiger charge is -2.49. The Morgan fingerprint density at radius 3 is 2.59 bits per heavy atom. The van der Waals surface area contributed by atoms with Crippen molar-refractivity contribution in [1.82, 2.24) is 5.01 Å². The Morgan fingerprint density at radius 2 is 1.72 bits per heavy atom. The molecule has 0 aromatic heterocycles. The van der Waals surface area contributed by atoms with Gasteiger partial charge in [-0.2, -0.15) is 5.10 Å². The van der Waals surface area contributed by atoms with Crippen LogP contribution in [0.5, 0.6) is 5.75 Å². The van der Waals surface area contributed by atoms with Gasteiger partial charge in [0.25, 0.3) is 0 Å². The number of likely N-dealkylation sites (tertiary alicyclic amines) is 1. The first-order chi connectivity index (χ1) is 14.2. The number of rotatable bonds is 1. The van der Waals surface area contributed by atoms with Crippen LogP contribution in [-0.2, 0) is 0 Å². The minimum absolute atomic E-state index is 0.264. The second kappa shape index (κ2) is 6.33. The van der Waals surface area contributed by atoms with Crippen molar-refractivity contribution in [3.8, 4) is 5.75 Å². The molecule has 3 heterocycles. The maximum Gasteiger partial charge on any atom is 0.208 e. The lowest BCUT2D eigenvalue weighted by Crippen LogP contribution is -3.11. The quantitative estimate of drug-likeness (QED) is 0.697. The molecule has 3 aromatic carbocycles. The van der Waals surface area contributed by atoms with Crippen LogP contribution in [0.2, 0.25) is 0 Å². The summed E-state index contributed by atoms with van der Waals surface area (Å²) in [6.07, 6.45) is 2.96. The number of nitrogens with one attached hydrogen (secondary N) is 1. The summed E-state index contributed by atoms with van der Waals surface area (Å²) in [5.41, 5.74) is 3.36. The summed E-state index contributed by atoms with van der Waals surface area (Å²) >= 11 is 0. The zero-order valence-corrected chi connectivity index (χ0v) is 16.8. The van der Waals surface area contributed by atoms with Crippen molar-refractivity contribution in [2.24, 2.45) is 5.10 Å². The van der Waals surface area contributed by atoms with E-state index in [-0.39, 0.29) is 11.8 Å². The maximum absolute atomic E-state index is 6.68. The summed E-state index contributed by atoms with van der Waals surface area (Å²) in [6, 6.07) is 24.1. The van der Waals surface area contributed by atoms with Crippen molar-refractivity contribution in [3.63, 3.8) is 0 Å². The highest BCUT2D eigenvalue weighted by Crippen LogP contribution is 2.49. The molecule has 6 rings (SSSR count). The van der Waals surface area contributed by atoms with Crippen molar-refractivity contribution < 1.29 is 9.64 Å². The van der Waals surface area contributed by atoms with Crippen LogP contribution in [-0.4, -0.2) is 36.6 Å². The zero-order chi connectivity index (χ0) is 19.4. The Kier molecular flexibility index (Phi) is 3.72. The van der Waals surface area contributed by atoms with Crippen LogP contribution in [0.4, 0.5) is 0 Å². The average molecular weight is 385 g/mol. The van der Waals surface area contributed by atoms with Crippen molar-refractivity contribution in [1.29, 1.82) is 0 Å². The monoisotopic (exact) mass is 384 g/mol. The van der Waals surface area contributed by atoms with Gasteiger partial charge in [0.05, 0.1) is 44.7 Å². The second-order valence-electron chi connectivity index (χ2n) is 8.72. The molecule has 0 saturated carbocycles. The molecule has 0 aliphatic carbocycles. The summed E-state index contributed by atoms with van der Waals surface area (Å²) in [6.45, 7) is 2.23. The van der Waals surface area contributed by atoms with E-state index in [1.807, 2.05) is 0 Å². The molecule has 0 bridgehead atoms. The molecule has 29 heavy (non-hydrogen) atoms. The predicted octanol–water partition coefficient (Wildman–Crippen LogP) is 3.39. The van der Waals surface area contributed by atoms with Crippen molar-refractivity contribution in [2.45, 2.75) is 31.0 Å². The van der Waals surface area contributed by atoms with Gasteiger partial charge in [-0.1, -0.05) is 54.6 Å². The fraction of sp³-hybridized carbons (Fsp3) is 0.320. The van der Waals surface area contributed by atoms with E-state index in [4.69, 9.17) is 9.84 Å². The summed E-state index contributed by atoms with van der Waals surface area (Å²) < 4.78 is 6.68. The molecular formula is C25H26N3O+. The Balaban J connectivity index is 1.44. The van der Waals surface area contributed by atoms with Crippen molar-refractivity contribution in [3.05, 3.63) is 77.9 Å². The predicted molar refractivity (Wildman–Crippen MR) is 115 cm³/mol. The number of piperidine rings is 1. The zero-order valence-electron chi connectivity index (χ0n) is 16.8. The van der Waals surface area contributed by atoms with E-state index in [9.17, 15) is 0 Å². The Bertz CT molecular complexity index is 1110. The molecule has 4 nitrogen and oxygen atoms in total. The number of hydrogen-bond donors (Lipinski definition) is 1. The minimum Gasteiger partial charge on any atom is -0.466 e. The first-order valence-corrected chi connectivity index (χ1v) is 10.7. The molecule has 1 atom stereocenters. The van der Waals surface area contributed by atoms with Crippen LogP contribution in [0.25, 0.3) is 10.8 Å². The number of hydrogen-bond acceptors (Lipinski definition) is 3. The van der Waals surface area contributed by atoms with Crippen LogP contribution in [0.3, 0.4) is 0 Å². The van der Waals surface area contributed by atoms with Gasteiger partial charge in [0.15, 0.2) is 0 Å². The lowest BCUT2D eigenvalue weighted by atomic mass is 9.90. The van der Waals surface area contributed by atoms with Gasteiger partial charge >= 0.3 is 0 Å². The minimum atomic E-state index is -0.308. The highest BCUT2D eigenvalue weighted by molar-refractivity contribution is 6.04. The molecule has 1 saturated heterocycles. The molecule has 1 spiro atoms. The fourth-order valence-electron chi connectivity index (χ4n) is 5.17. The Hall–Kier alpha value is -2.85. The van der Waals surface area contributed by atoms with E-state index >= 15 is 0 Å². The molecule has 1 N–H and O–H groups in total. The van der Waals surface area contributed by atoms with Crippen molar-refractivity contribution in [2.75, 3.05) is 20.1 Å². The van der Waals surface area contributed by atoms with Crippen LogP contribution in [0.1, 0.15) is 36.4 Å². The Labute approximate surface area is 171 Å².